The summed E-state index contributed by atoms with van der Waals surface area (Å²) < 4.78 is 7.93. The third-order valence-corrected chi connectivity index (χ3v) is 6.30. The van der Waals surface area contributed by atoms with Crippen molar-refractivity contribution in [2.45, 2.75) is 37.3 Å². The van der Waals surface area contributed by atoms with Crippen molar-refractivity contribution >= 4 is 17.5 Å². The third-order valence-electron chi connectivity index (χ3n) is 6.06. The monoisotopic (exact) mass is 421 g/mol. The van der Waals surface area contributed by atoms with E-state index < -0.39 is 5.41 Å². The van der Waals surface area contributed by atoms with Gasteiger partial charge < -0.3 is 10.1 Å². The van der Waals surface area contributed by atoms with Gasteiger partial charge in [-0.2, -0.15) is 5.10 Å². The lowest BCUT2D eigenvalue weighted by Crippen LogP contribution is -2.38. The maximum Gasteiger partial charge on any atom is 0.230 e. The van der Waals surface area contributed by atoms with E-state index in [9.17, 15) is 4.79 Å². The van der Waals surface area contributed by atoms with E-state index in [2.05, 4.69) is 23.6 Å². The predicted molar refractivity (Wildman–Crippen MR) is 116 cm³/mol. The van der Waals surface area contributed by atoms with Crippen LogP contribution in [-0.2, 0) is 27.9 Å². The van der Waals surface area contributed by atoms with Crippen molar-refractivity contribution < 1.29 is 9.53 Å². The molecule has 154 valence electrons. The summed E-state index contributed by atoms with van der Waals surface area (Å²) in [7, 11) is 0. The molecule has 1 aromatic heterocycles. The van der Waals surface area contributed by atoms with Crippen molar-refractivity contribution in [3.05, 3.63) is 88.2 Å². The van der Waals surface area contributed by atoms with Crippen molar-refractivity contribution in [2.24, 2.45) is 0 Å². The second-order valence-electron chi connectivity index (χ2n) is 8.13. The van der Waals surface area contributed by atoms with Crippen molar-refractivity contribution in [1.29, 1.82) is 0 Å². The fourth-order valence-electron chi connectivity index (χ4n) is 4.25. The molecule has 2 aliphatic rings. The normalized spacial score (nSPS) is 19.2. The van der Waals surface area contributed by atoms with Gasteiger partial charge in [0.2, 0.25) is 5.91 Å². The van der Waals surface area contributed by atoms with Crippen molar-refractivity contribution in [3.8, 4) is 0 Å². The Morgan fingerprint density at radius 3 is 2.80 bits per heavy atom. The number of amides is 1. The SMILES string of the molecule is O=C(NC[C@H]1OCCc2cn(Cc3ccccc3)nc21)C1(c2cccc(Cl)c2)CC1. The van der Waals surface area contributed by atoms with Crippen LogP contribution in [0.15, 0.2) is 60.8 Å². The van der Waals surface area contributed by atoms with E-state index >= 15 is 0 Å². The number of ether oxygens (including phenoxy) is 1. The van der Waals surface area contributed by atoms with Gasteiger partial charge in [-0.25, -0.2) is 0 Å². The Kier molecular flexibility index (Phi) is 5.09. The summed E-state index contributed by atoms with van der Waals surface area (Å²) in [5, 5.41) is 8.56. The number of hydrogen-bond acceptors (Lipinski definition) is 3. The van der Waals surface area contributed by atoms with Gasteiger partial charge in [0, 0.05) is 17.8 Å². The van der Waals surface area contributed by atoms with Gasteiger partial charge >= 0.3 is 0 Å². The second kappa shape index (κ2) is 7.89. The number of rotatable bonds is 6. The standard InChI is InChI=1S/C24H24ClN3O2/c25-20-8-4-7-19(13-20)24(10-11-24)23(29)26-14-21-22-18(9-12-30-21)16-28(27-22)15-17-5-2-1-3-6-17/h1-8,13,16,21H,9-12,14-15H2,(H,26,29)/t21-/m1/s1. The molecule has 1 atom stereocenters. The van der Waals surface area contributed by atoms with Gasteiger partial charge in [0.1, 0.15) is 6.10 Å². The second-order valence-corrected chi connectivity index (χ2v) is 8.57. The Labute approximate surface area is 181 Å². The third kappa shape index (κ3) is 3.75. The average Bonchev–Trinajstić information content (AvgIpc) is 3.47. The first-order valence-corrected chi connectivity index (χ1v) is 10.8. The molecule has 0 saturated heterocycles. The van der Waals surface area contributed by atoms with E-state index in [0.717, 1.165) is 37.1 Å². The topological polar surface area (TPSA) is 56.1 Å². The first-order chi connectivity index (χ1) is 14.6. The molecule has 1 aliphatic carbocycles. The van der Waals surface area contributed by atoms with Gasteiger partial charge in [0.25, 0.3) is 0 Å². The largest absolute Gasteiger partial charge is 0.370 e. The molecule has 1 saturated carbocycles. The summed E-state index contributed by atoms with van der Waals surface area (Å²) in [6.07, 6.45) is 4.43. The molecule has 6 heteroatoms. The van der Waals surface area contributed by atoms with Crippen LogP contribution in [-0.4, -0.2) is 28.8 Å². The Bertz CT molecular complexity index is 1060. The van der Waals surface area contributed by atoms with Crippen LogP contribution >= 0.6 is 11.6 Å². The summed E-state index contributed by atoms with van der Waals surface area (Å²) in [5.74, 6) is 0.0456. The van der Waals surface area contributed by atoms with Crippen LogP contribution in [0.2, 0.25) is 5.02 Å². The number of fused-ring (bicyclic) bond motifs is 1. The van der Waals surface area contributed by atoms with Gasteiger partial charge in [-0.1, -0.05) is 54.1 Å². The van der Waals surface area contributed by atoms with E-state index in [0.29, 0.717) is 18.2 Å². The molecule has 1 N–H and O–H groups in total. The highest BCUT2D eigenvalue weighted by Gasteiger charge is 2.51. The number of carbonyl (C=O) groups excluding carboxylic acids is 1. The van der Waals surface area contributed by atoms with Crippen LogP contribution in [0.5, 0.6) is 0 Å². The van der Waals surface area contributed by atoms with Crippen LogP contribution in [0, 0.1) is 0 Å². The first kappa shape index (κ1) is 19.3. The Morgan fingerprint density at radius 1 is 1.20 bits per heavy atom. The summed E-state index contributed by atoms with van der Waals surface area (Å²) in [6, 6.07) is 17.9. The van der Waals surface area contributed by atoms with Gasteiger partial charge in [-0.15, -0.1) is 0 Å². The smallest absolute Gasteiger partial charge is 0.230 e. The van der Waals surface area contributed by atoms with Gasteiger partial charge in [-0.05, 0) is 48.1 Å². The van der Waals surface area contributed by atoms with Crippen molar-refractivity contribution in [3.63, 3.8) is 0 Å². The highest BCUT2D eigenvalue weighted by molar-refractivity contribution is 6.30. The van der Waals surface area contributed by atoms with Gasteiger partial charge in [-0.3, -0.25) is 9.48 Å². The molecule has 0 unspecified atom stereocenters. The fraction of sp³-hybridized carbons (Fsp3) is 0.333. The highest BCUT2D eigenvalue weighted by atomic mass is 35.5. The van der Waals surface area contributed by atoms with Gasteiger partial charge in [0.15, 0.2) is 0 Å². The summed E-state index contributed by atoms with van der Waals surface area (Å²) >= 11 is 6.14. The molecular weight excluding hydrogens is 398 g/mol. The molecule has 0 bridgehead atoms. The Hall–Kier alpha value is -2.63. The predicted octanol–water partition coefficient (Wildman–Crippen LogP) is 4.05. The van der Waals surface area contributed by atoms with E-state index in [1.807, 2.05) is 47.1 Å². The van der Waals surface area contributed by atoms with E-state index in [1.54, 1.807) is 0 Å². The minimum atomic E-state index is -0.449. The Balaban J connectivity index is 1.27. The quantitative estimate of drug-likeness (QED) is 0.653. The van der Waals surface area contributed by atoms with Crippen molar-refractivity contribution in [1.82, 2.24) is 15.1 Å². The summed E-state index contributed by atoms with van der Waals surface area (Å²) in [5.41, 5.74) is 3.89. The zero-order chi connectivity index (χ0) is 20.6. The number of nitrogens with zero attached hydrogens (tertiary/aromatic N) is 2. The molecule has 2 heterocycles. The maximum absolute atomic E-state index is 13.0. The molecule has 1 aliphatic heterocycles. The molecule has 0 spiro atoms. The lowest BCUT2D eigenvalue weighted by molar-refractivity contribution is -0.124. The van der Waals surface area contributed by atoms with Gasteiger partial charge in [0.05, 0.1) is 24.3 Å². The molecule has 1 amide bonds. The van der Waals surface area contributed by atoms with E-state index in [-0.39, 0.29) is 12.0 Å². The highest BCUT2D eigenvalue weighted by Crippen LogP contribution is 2.49. The zero-order valence-corrected chi connectivity index (χ0v) is 17.4. The molecule has 1 fully saturated rings. The minimum Gasteiger partial charge on any atom is -0.370 e. The fourth-order valence-corrected chi connectivity index (χ4v) is 4.44. The van der Waals surface area contributed by atoms with Crippen LogP contribution in [0.3, 0.4) is 0 Å². The maximum atomic E-state index is 13.0. The number of aromatic nitrogens is 2. The summed E-state index contributed by atoms with van der Waals surface area (Å²) in [6.45, 7) is 1.80. The molecular formula is C24H24ClN3O2. The van der Waals surface area contributed by atoms with Crippen LogP contribution in [0.25, 0.3) is 0 Å². The average molecular weight is 422 g/mol. The number of nitrogens with one attached hydrogen (secondary N) is 1. The van der Waals surface area contributed by atoms with E-state index in [4.69, 9.17) is 21.4 Å². The Morgan fingerprint density at radius 2 is 2.03 bits per heavy atom. The summed E-state index contributed by atoms with van der Waals surface area (Å²) in [4.78, 5) is 13.0. The molecule has 0 radical (unpaired) electrons. The van der Waals surface area contributed by atoms with Crippen LogP contribution in [0.1, 0.15) is 41.3 Å². The van der Waals surface area contributed by atoms with Crippen LogP contribution < -0.4 is 5.32 Å². The molecule has 2 aromatic carbocycles. The zero-order valence-electron chi connectivity index (χ0n) is 16.7. The van der Waals surface area contributed by atoms with E-state index in [1.165, 1.54) is 11.1 Å². The molecule has 30 heavy (non-hydrogen) atoms. The first-order valence-electron chi connectivity index (χ1n) is 10.4. The lowest BCUT2D eigenvalue weighted by atomic mass is 9.95. The van der Waals surface area contributed by atoms with Crippen LogP contribution in [0.4, 0.5) is 0 Å². The minimum absolute atomic E-state index is 0.0456. The molecule has 5 nitrogen and oxygen atoms in total. The van der Waals surface area contributed by atoms with Crippen molar-refractivity contribution in [2.75, 3.05) is 13.2 Å². The number of hydrogen-bond donors (Lipinski definition) is 1. The molecule has 5 rings (SSSR count). The lowest BCUT2D eigenvalue weighted by Gasteiger charge is -2.24. The number of carbonyl (C=O) groups is 1. The number of benzene rings is 2. The molecule has 3 aromatic rings. The number of halogens is 1.